The zero-order valence-corrected chi connectivity index (χ0v) is 14.9. The molecule has 4 heteroatoms. The van der Waals surface area contributed by atoms with Gasteiger partial charge in [-0.25, -0.2) is 0 Å². The standard InChI is InChI=1S/C18H29ClN2O/c1-4-11-22-18-15(5-8-21-9-6-20-7-10-21)12-16(19)13-17(18)14(2)3/h12-14,20H,4-11H2,1-3H3. The molecule has 0 aromatic heterocycles. The first-order valence-electron chi connectivity index (χ1n) is 8.50. The van der Waals surface area contributed by atoms with Crippen molar-refractivity contribution in [2.45, 2.75) is 39.5 Å². The molecule has 0 radical (unpaired) electrons. The fourth-order valence-electron chi connectivity index (χ4n) is 2.88. The van der Waals surface area contributed by atoms with Crippen LogP contribution in [0.25, 0.3) is 0 Å². The Labute approximate surface area is 140 Å². The van der Waals surface area contributed by atoms with Crippen LogP contribution in [0, 0.1) is 0 Å². The smallest absolute Gasteiger partial charge is 0.126 e. The number of nitrogens with zero attached hydrogens (tertiary/aromatic N) is 1. The van der Waals surface area contributed by atoms with Crippen LogP contribution in [-0.4, -0.2) is 44.2 Å². The van der Waals surface area contributed by atoms with E-state index in [9.17, 15) is 0 Å². The van der Waals surface area contributed by atoms with Gasteiger partial charge in [-0.3, -0.25) is 0 Å². The first-order valence-corrected chi connectivity index (χ1v) is 8.87. The second-order valence-corrected chi connectivity index (χ2v) is 6.76. The Morgan fingerprint density at radius 3 is 2.64 bits per heavy atom. The third-order valence-corrected chi connectivity index (χ3v) is 4.36. The van der Waals surface area contributed by atoms with Gasteiger partial charge in [0.2, 0.25) is 0 Å². The average Bonchev–Trinajstić information content (AvgIpc) is 2.52. The highest BCUT2D eigenvalue weighted by Gasteiger charge is 2.16. The third-order valence-electron chi connectivity index (χ3n) is 4.14. The molecule has 0 atom stereocenters. The van der Waals surface area contributed by atoms with Crippen LogP contribution in [0.4, 0.5) is 0 Å². The molecule has 0 aliphatic carbocycles. The van der Waals surface area contributed by atoms with E-state index >= 15 is 0 Å². The zero-order chi connectivity index (χ0) is 15.9. The molecule has 0 bridgehead atoms. The average molecular weight is 325 g/mol. The zero-order valence-electron chi connectivity index (χ0n) is 14.1. The molecule has 1 fully saturated rings. The first kappa shape index (κ1) is 17.6. The van der Waals surface area contributed by atoms with Gasteiger partial charge < -0.3 is 15.0 Å². The Kier molecular flexibility index (Phi) is 7.00. The summed E-state index contributed by atoms with van der Waals surface area (Å²) < 4.78 is 6.08. The summed E-state index contributed by atoms with van der Waals surface area (Å²) in [4.78, 5) is 2.51. The lowest BCUT2D eigenvalue weighted by molar-refractivity contribution is 0.242. The van der Waals surface area contributed by atoms with Gasteiger partial charge in [-0.1, -0.05) is 32.4 Å². The molecule has 0 unspecified atom stereocenters. The Hall–Kier alpha value is -0.770. The normalized spacial score (nSPS) is 16.2. The molecule has 1 heterocycles. The number of nitrogens with one attached hydrogen (secondary N) is 1. The van der Waals surface area contributed by atoms with Crippen LogP contribution in [0.2, 0.25) is 5.02 Å². The third kappa shape index (κ3) is 4.87. The van der Waals surface area contributed by atoms with E-state index in [2.05, 4.69) is 43.1 Å². The van der Waals surface area contributed by atoms with Crippen LogP contribution < -0.4 is 10.1 Å². The molecule has 1 aromatic carbocycles. The number of hydrogen-bond acceptors (Lipinski definition) is 3. The monoisotopic (exact) mass is 324 g/mol. The van der Waals surface area contributed by atoms with Gasteiger partial charge in [0.1, 0.15) is 5.75 Å². The van der Waals surface area contributed by atoms with Gasteiger partial charge >= 0.3 is 0 Å². The Morgan fingerprint density at radius 1 is 1.27 bits per heavy atom. The van der Waals surface area contributed by atoms with Crippen molar-refractivity contribution in [3.63, 3.8) is 0 Å². The van der Waals surface area contributed by atoms with Gasteiger partial charge in [-0.05, 0) is 42.0 Å². The molecule has 0 spiro atoms. The van der Waals surface area contributed by atoms with Crippen molar-refractivity contribution in [2.24, 2.45) is 0 Å². The fourth-order valence-corrected chi connectivity index (χ4v) is 3.13. The van der Waals surface area contributed by atoms with Gasteiger partial charge in [0, 0.05) is 37.7 Å². The highest BCUT2D eigenvalue weighted by molar-refractivity contribution is 6.30. The van der Waals surface area contributed by atoms with E-state index in [1.54, 1.807) is 0 Å². The maximum Gasteiger partial charge on any atom is 0.126 e. The molecule has 0 amide bonds. The molecular formula is C18H29ClN2O. The Bertz CT molecular complexity index is 470. The van der Waals surface area contributed by atoms with Gasteiger partial charge in [0.05, 0.1) is 6.61 Å². The number of rotatable bonds is 7. The predicted molar refractivity (Wildman–Crippen MR) is 94.3 cm³/mol. The van der Waals surface area contributed by atoms with Crippen LogP contribution in [0.1, 0.15) is 44.2 Å². The number of piperazine rings is 1. The molecule has 1 aliphatic rings. The lowest BCUT2D eigenvalue weighted by Gasteiger charge is -2.27. The van der Waals surface area contributed by atoms with Crippen LogP contribution >= 0.6 is 11.6 Å². The number of ether oxygens (including phenoxy) is 1. The lowest BCUT2D eigenvalue weighted by Crippen LogP contribution is -2.44. The lowest BCUT2D eigenvalue weighted by atomic mass is 9.97. The van der Waals surface area contributed by atoms with Crippen LogP contribution in [0.5, 0.6) is 5.75 Å². The summed E-state index contributed by atoms with van der Waals surface area (Å²) in [5, 5.41) is 4.22. The predicted octanol–water partition coefficient (Wildman–Crippen LogP) is 3.70. The summed E-state index contributed by atoms with van der Waals surface area (Å²) in [7, 11) is 0. The largest absolute Gasteiger partial charge is 0.493 e. The minimum atomic E-state index is 0.420. The van der Waals surface area contributed by atoms with E-state index in [4.69, 9.17) is 16.3 Å². The first-order chi connectivity index (χ1) is 10.6. The van der Waals surface area contributed by atoms with Crippen molar-refractivity contribution in [2.75, 3.05) is 39.3 Å². The minimum absolute atomic E-state index is 0.420. The van der Waals surface area contributed by atoms with Crippen molar-refractivity contribution in [3.8, 4) is 5.75 Å². The van der Waals surface area contributed by atoms with E-state index in [-0.39, 0.29) is 0 Å². The second kappa shape index (κ2) is 8.76. The van der Waals surface area contributed by atoms with Gasteiger partial charge in [-0.2, -0.15) is 0 Å². The van der Waals surface area contributed by atoms with Crippen molar-refractivity contribution in [1.82, 2.24) is 10.2 Å². The van der Waals surface area contributed by atoms with Gasteiger partial charge in [0.15, 0.2) is 0 Å². The van der Waals surface area contributed by atoms with Crippen molar-refractivity contribution in [3.05, 3.63) is 28.3 Å². The van der Waals surface area contributed by atoms with Crippen LogP contribution in [0.15, 0.2) is 12.1 Å². The van der Waals surface area contributed by atoms with Crippen molar-refractivity contribution in [1.29, 1.82) is 0 Å². The molecule has 1 aromatic rings. The van der Waals surface area contributed by atoms with Crippen molar-refractivity contribution >= 4 is 11.6 Å². The Morgan fingerprint density at radius 2 is 2.00 bits per heavy atom. The molecule has 124 valence electrons. The summed E-state index contributed by atoms with van der Waals surface area (Å²) >= 11 is 6.34. The van der Waals surface area contributed by atoms with Gasteiger partial charge in [0.25, 0.3) is 0 Å². The summed E-state index contributed by atoms with van der Waals surface area (Å²) in [6.45, 7) is 12.8. The SMILES string of the molecule is CCCOc1c(CCN2CCNCC2)cc(Cl)cc1C(C)C. The fraction of sp³-hybridized carbons (Fsp3) is 0.667. The van der Waals surface area contributed by atoms with E-state index in [1.165, 1.54) is 11.1 Å². The molecule has 3 nitrogen and oxygen atoms in total. The molecule has 0 saturated carbocycles. The van der Waals surface area contributed by atoms with Crippen LogP contribution in [-0.2, 0) is 6.42 Å². The second-order valence-electron chi connectivity index (χ2n) is 6.33. The summed E-state index contributed by atoms with van der Waals surface area (Å²) in [5.74, 6) is 1.49. The van der Waals surface area contributed by atoms with E-state index in [0.717, 1.165) is 62.9 Å². The van der Waals surface area contributed by atoms with E-state index in [0.29, 0.717) is 5.92 Å². The maximum atomic E-state index is 6.34. The highest BCUT2D eigenvalue weighted by atomic mass is 35.5. The summed E-state index contributed by atoms with van der Waals surface area (Å²) in [6, 6.07) is 4.14. The molecule has 1 N–H and O–H groups in total. The summed E-state index contributed by atoms with van der Waals surface area (Å²) in [5.41, 5.74) is 2.49. The maximum absolute atomic E-state index is 6.34. The van der Waals surface area contributed by atoms with Gasteiger partial charge in [-0.15, -0.1) is 0 Å². The molecule has 1 saturated heterocycles. The van der Waals surface area contributed by atoms with Crippen molar-refractivity contribution < 1.29 is 4.74 Å². The molecule has 1 aliphatic heterocycles. The molecule has 2 rings (SSSR count). The molecular weight excluding hydrogens is 296 g/mol. The molecule has 22 heavy (non-hydrogen) atoms. The Balaban J connectivity index is 2.15. The number of benzene rings is 1. The highest BCUT2D eigenvalue weighted by Crippen LogP contribution is 2.34. The van der Waals surface area contributed by atoms with E-state index < -0.39 is 0 Å². The number of hydrogen-bond donors (Lipinski definition) is 1. The quantitative estimate of drug-likeness (QED) is 0.827. The topological polar surface area (TPSA) is 24.5 Å². The van der Waals surface area contributed by atoms with Crippen LogP contribution in [0.3, 0.4) is 0 Å². The summed E-state index contributed by atoms with van der Waals surface area (Å²) in [6.07, 6.45) is 2.02. The van der Waals surface area contributed by atoms with E-state index in [1.807, 2.05) is 0 Å². The number of halogens is 1. The minimum Gasteiger partial charge on any atom is -0.493 e.